The van der Waals surface area contributed by atoms with Crippen molar-refractivity contribution in [1.29, 1.82) is 0 Å². The number of hydrogen-bond acceptors (Lipinski definition) is 6. The van der Waals surface area contributed by atoms with E-state index in [1.807, 2.05) is 60.9 Å². The van der Waals surface area contributed by atoms with E-state index in [-0.39, 0.29) is 18.4 Å². The molecule has 0 saturated carbocycles. The van der Waals surface area contributed by atoms with Crippen LogP contribution in [-0.2, 0) is 6.54 Å². The molecule has 0 fully saturated rings. The van der Waals surface area contributed by atoms with E-state index in [0.717, 1.165) is 28.8 Å². The summed E-state index contributed by atoms with van der Waals surface area (Å²) in [6, 6.07) is 13.6. The van der Waals surface area contributed by atoms with Crippen LogP contribution in [0, 0.1) is 6.92 Å². The molecule has 1 atom stereocenters. The van der Waals surface area contributed by atoms with Gasteiger partial charge in [-0.05, 0) is 50.1 Å². The van der Waals surface area contributed by atoms with Gasteiger partial charge in [0.2, 0.25) is 6.79 Å². The van der Waals surface area contributed by atoms with Gasteiger partial charge in [0.05, 0.1) is 17.6 Å². The molecule has 0 N–H and O–H groups in total. The quantitative estimate of drug-likeness (QED) is 0.412. The summed E-state index contributed by atoms with van der Waals surface area (Å²) in [5.41, 5.74) is 4.27. The van der Waals surface area contributed by atoms with Crippen LogP contribution in [0.25, 0.3) is 33.2 Å². The predicted molar refractivity (Wildman–Crippen MR) is 126 cm³/mol. The number of aromatic nitrogens is 5. The number of rotatable bonds is 4. The van der Waals surface area contributed by atoms with Crippen molar-refractivity contribution in [2.75, 3.05) is 6.79 Å². The number of aryl methyl sites for hydroxylation is 1. The summed E-state index contributed by atoms with van der Waals surface area (Å²) < 4.78 is 14.8. The molecule has 0 unspecified atom stereocenters. The molecule has 0 amide bonds. The molecule has 0 spiro atoms. The van der Waals surface area contributed by atoms with Gasteiger partial charge in [0, 0.05) is 6.04 Å². The van der Waals surface area contributed by atoms with E-state index in [1.54, 1.807) is 4.57 Å². The highest BCUT2D eigenvalue weighted by Gasteiger charge is 2.23. The van der Waals surface area contributed by atoms with Crippen molar-refractivity contribution >= 4 is 33.2 Å². The van der Waals surface area contributed by atoms with E-state index in [4.69, 9.17) is 24.4 Å². The van der Waals surface area contributed by atoms with E-state index in [0.29, 0.717) is 40.3 Å². The lowest BCUT2D eigenvalue weighted by molar-refractivity contribution is 0.174. The summed E-state index contributed by atoms with van der Waals surface area (Å²) in [4.78, 5) is 28.4. The van der Waals surface area contributed by atoms with Crippen LogP contribution in [0.15, 0.2) is 47.3 Å². The van der Waals surface area contributed by atoms with Gasteiger partial charge >= 0.3 is 0 Å². The van der Waals surface area contributed by atoms with Gasteiger partial charge in [-0.25, -0.2) is 15.0 Å². The number of nitrogens with zero attached hydrogens (tertiary/aromatic N) is 5. The first-order chi connectivity index (χ1) is 16.0. The van der Waals surface area contributed by atoms with Gasteiger partial charge in [-0.2, -0.15) is 0 Å². The smallest absolute Gasteiger partial charge is 0.265 e. The number of ether oxygens (including phenoxy) is 2. The molecule has 3 aromatic heterocycles. The SMILES string of the molecule is CC[C@@H](C)n1c(C)nc2c(c1=O)c1nc3ccccc3nc1n2Cc1ccc2c(c1)OCO2. The zero-order chi connectivity index (χ0) is 22.7. The Bertz CT molecular complexity index is 1620. The molecule has 1 aliphatic rings. The minimum atomic E-state index is -0.0779. The van der Waals surface area contributed by atoms with Gasteiger partial charge in [0.25, 0.3) is 5.56 Å². The first kappa shape index (κ1) is 19.7. The summed E-state index contributed by atoms with van der Waals surface area (Å²) in [7, 11) is 0. The lowest BCUT2D eigenvalue weighted by Crippen LogP contribution is -2.26. The fourth-order valence-corrected chi connectivity index (χ4v) is 4.55. The van der Waals surface area contributed by atoms with E-state index >= 15 is 0 Å². The van der Waals surface area contributed by atoms with Crippen LogP contribution in [0.5, 0.6) is 11.5 Å². The third kappa shape index (κ3) is 2.97. The lowest BCUT2D eigenvalue weighted by Gasteiger charge is -2.16. The van der Waals surface area contributed by atoms with Gasteiger partial charge in [-0.3, -0.25) is 9.36 Å². The largest absolute Gasteiger partial charge is 0.454 e. The minimum Gasteiger partial charge on any atom is -0.454 e. The van der Waals surface area contributed by atoms with Crippen molar-refractivity contribution in [3.63, 3.8) is 0 Å². The molecule has 0 radical (unpaired) electrons. The molecule has 0 saturated heterocycles. The van der Waals surface area contributed by atoms with Gasteiger partial charge in [-0.15, -0.1) is 0 Å². The third-order valence-electron chi connectivity index (χ3n) is 6.38. The average Bonchev–Trinajstić information content (AvgIpc) is 3.40. The molecule has 8 nitrogen and oxygen atoms in total. The van der Waals surface area contributed by atoms with Crippen molar-refractivity contribution in [1.82, 2.24) is 24.1 Å². The van der Waals surface area contributed by atoms with Gasteiger partial charge in [0.1, 0.15) is 16.7 Å². The fourth-order valence-electron chi connectivity index (χ4n) is 4.55. The molecule has 4 heterocycles. The maximum Gasteiger partial charge on any atom is 0.265 e. The molecular formula is C25H23N5O3. The molecule has 2 aromatic carbocycles. The number of hydrogen-bond donors (Lipinski definition) is 0. The van der Waals surface area contributed by atoms with Crippen molar-refractivity contribution in [2.45, 2.75) is 39.8 Å². The number of fused-ring (bicyclic) bond motifs is 5. The molecule has 0 bridgehead atoms. The summed E-state index contributed by atoms with van der Waals surface area (Å²) in [6.45, 7) is 6.68. The Morgan fingerprint density at radius 3 is 2.55 bits per heavy atom. The van der Waals surface area contributed by atoms with Crippen LogP contribution in [-0.4, -0.2) is 30.9 Å². The molecule has 0 aliphatic carbocycles. The van der Waals surface area contributed by atoms with Gasteiger partial charge in [-0.1, -0.05) is 25.1 Å². The molecule has 6 rings (SSSR count). The van der Waals surface area contributed by atoms with Gasteiger partial charge < -0.3 is 14.0 Å². The zero-order valence-corrected chi connectivity index (χ0v) is 18.7. The third-order valence-corrected chi connectivity index (χ3v) is 6.38. The standard InChI is InChI=1S/C25H23N5O3/c1-4-14(2)30-15(3)26-23-21(25(30)31)22-24(28-18-8-6-5-7-17(18)27-22)29(23)12-16-9-10-19-20(11-16)33-13-32-19/h5-11,14H,4,12-13H2,1-3H3/t14-/m1/s1. The Morgan fingerprint density at radius 1 is 1.00 bits per heavy atom. The van der Waals surface area contributed by atoms with Crippen molar-refractivity contribution in [2.24, 2.45) is 0 Å². The Labute approximate surface area is 189 Å². The van der Waals surface area contributed by atoms with E-state index in [9.17, 15) is 4.79 Å². The normalized spacial score (nSPS) is 13.9. The number of para-hydroxylation sites is 2. The minimum absolute atomic E-state index is 0.0371. The molecule has 5 aromatic rings. The highest BCUT2D eigenvalue weighted by Crippen LogP contribution is 2.34. The van der Waals surface area contributed by atoms with E-state index in [2.05, 4.69) is 6.92 Å². The second-order valence-corrected chi connectivity index (χ2v) is 8.45. The van der Waals surface area contributed by atoms with E-state index in [1.165, 1.54) is 0 Å². The van der Waals surface area contributed by atoms with Crippen LogP contribution < -0.4 is 15.0 Å². The summed E-state index contributed by atoms with van der Waals surface area (Å²) in [6.07, 6.45) is 0.832. The first-order valence-corrected chi connectivity index (χ1v) is 11.1. The Hall–Kier alpha value is -3.94. The lowest BCUT2D eigenvalue weighted by atomic mass is 10.2. The molecule has 166 valence electrons. The Balaban J connectivity index is 1.67. The maximum atomic E-state index is 13.7. The van der Waals surface area contributed by atoms with Crippen molar-refractivity contribution in [3.05, 3.63) is 64.2 Å². The van der Waals surface area contributed by atoms with Crippen LogP contribution in [0.3, 0.4) is 0 Å². The maximum absolute atomic E-state index is 13.7. The Kier molecular flexibility index (Phi) is 4.36. The van der Waals surface area contributed by atoms with Crippen molar-refractivity contribution < 1.29 is 9.47 Å². The Morgan fingerprint density at radius 2 is 1.76 bits per heavy atom. The molecular weight excluding hydrogens is 418 g/mol. The average molecular weight is 441 g/mol. The number of benzene rings is 2. The van der Waals surface area contributed by atoms with Crippen LogP contribution in [0.1, 0.15) is 37.7 Å². The topological polar surface area (TPSA) is 84.1 Å². The molecule has 1 aliphatic heterocycles. The van der Waals surface area contributed by atoms with Crippen LogP contribution >= 0.6 is 0 Å². The van der Waals surface area contributed by atoms with E-state index < -0.39 is 0 Å². The predicted octanol–water partition coefficient (Wildman–Crippen LogP) is 4.35. The molecule has 8 heteroatoms. The summed E-state index contributed by atoms with van der Waals surface area (Å²) >= 11 is 0. The van der Waals surface area contributed by atoms with Gasteiger partial charge in [0.15, 0.2) is 22.8 Å². The second-order valence-electron chi connectivity index (χ2n) is 8.45. The van der Waals surface area contributed by atoms with Crippen LogP contribution in [0.2, 0.25) is 0 Å². The van der Waals surface area contributed by atoms with Crippen molar-refractivity contribution in [3.8, 4) is 11.5 Å². The first-order valence-electron chi connectivity index (χ1n) is 11.1. The zero-order valence-electron chi connectivity index (χ0n) is 18.7. The monoisotopic (exact) mass is 441 g/mol. The fraction of sp³-hybridized carbons (Fsp3) is 0.280. The highest BCUT2D eigenvalue weighted by atomic mass is 16.7. The second kappa shape index (κ2) is 7.30. The summed E-state index contributed by atoms with van der Waals surface area (Å²) in [5.74, 6) is 2.13. The summed E-state index contributed by atoms with van der Waals surface area (Å²) in [5, 5.41) is 0.509. The highest BCUT2D eigenvalue weighted by molar-refractivity contribution is 6.04. The van der Waals surface area contributed by atoms with Crippen LogP contribution in [0.4, 0.5) is 0 Å². The molecule has 33 heavy (non-hydrogen) atoms.